The Morgan fingerprint density at radius 2 is 2.00 bits per heavy atom. The van der Waals surface area contributed by atoms with Crippen molar-refractivity contribution in [2.45, 2.75) is 43.6 Å². The van der Waals surface area contributed by atoms with Gasteiger partial charge in [0.1, 0.15) is 0 Å². The number of nitrogens with zero attached hydrogens (tertiary/aromatic N) is 1. The lowest BCUT2D eigenvalue weighted by Gasteiger charge is -2.31. The second kappa shape index (κ2) is 7.09. The van der Waals surface area contributed by atoms with Crippen molar-refractivity contribution >= 4 is 21.6 Å². The Kier molecular flexibility index (Phi) is 5.66. The second-order valence-electron chi connectivity index (χ2n) is 5.23. The lowest BCUT2D eigenvalue weighted by Crippen LogP contribution is -2.41. The molecule has 1 fully saturated rings. The van der Waals surface area contributed by atoms with Crippen LogP contribution in [0.3, 0.4) is 0 Å². The number of hydrogen-bond donors (Lipinski definition) is 0. The van der Waals surface area contributed by atoms with Gasteiger partial charge in [-0.1, -0.05) is 12.1 Å². The molecule has 1 heterocycles. The van der Waals surface area contributed by atoms with Crippen LogP contribution in [-0.2, 0) is 20.6 Å². The fourth-order valence-electron chi connectivity index (χ4n) is 2.70. The van der Waals surface area contributed by atoms with E-state index in [1.807, 2.05) is 19.9 Å². The Morgan fingerprint density at radius 1 is 1.33 bits per heavy atom. The first kappa shape index (κ1) is 16.7. The van der Waals surface area contributed by atoms with Crippen LogP contribution in [0, 0.1) is 6.92 Å². The molecule has 0 amide bonds. The molecule has 0 saturated carbocycles. The number of sulfonamides is 1. The van der Waals surface area contributed by atoms with E-state index in [0.29, 0.717) is 30.5 Å². The molecule has 21 heavy (non-hydrogen) atoms. The molecule has 2 rings (SSSR count). The van der Waals surface area contributed by atoms with E-state index in [9.17, 15) is 8.42 Å². The number of alkyl halides is 1. The quantitative estimate of drug-likeness (QED) is 0.779. The Bertz CT molecular complexity index is 581. The lowest BCUT2D eigenvalue weighted by molar-refractivity contribution is 0.0290. The molecule has 0 N–H and O–H groups in total. The molecule has 0 unspecified atom stereocenters. The van der Waals surface area contributed by atoms with Crippen LogP contribution in [0.15, 0.2) is 23.1 Å². The van der Waals surface area contributed by atoms with Crippen molar-refractivity contribution in [2.75, 3.05) is 19.7 Å². The Balaban J connectivity index is 2.20. The van der Waals surface area contributed by atoms with Gasteiger partial charge in [-0.25, -0.2) is 8.42 Å². The summed E-state index contributed by atoms with van der Waals surface area (Å²) in [6.07, 6.45) is 1.68. The van der Waals surface area contributed by atoms with Crippen LogP contribution < -0.4 is 0 Å². The van der Waals surface area contributed by atoms with Crippen LogP contribution in [0.2, 0.25) is 0 Å². The molecule has 0 aromatic heterocycles. The van der Waals surface area contributed by atoms with E-state index in [-0.39, 0.29) is 6.10 Å². The van der Waals surface area contributed by atoms with Gasteiger partial charge < -0.3 is 4.74 Å². The molecule has 0 spiro atoms. The molecule has 1 aromatic rings. The van der Waals surface area contributed by atoms with Gasteiger partial charge in [-0.3, -0.25) is 0 Å². The average molecular weight is 332 g/mol. The summed E-state index contributed by atoms with van der Waals surface area (Å²) in [5.41, 5.74) is 1.61. The highest BCUT2D eigenvalue weighted by Crippen LogP contribution is 2.26. The zero-order chi connectivity index (χ0) is 15.5. The summed E-state index contributed by atoms with van der Waals surface area (Å²) in [6, 6.07) is 5.28. The number of hydrogen-bond acceptors (Lipinski definition) is 3. The summed E-state index contributed by atoms with van der Waals surface area (Å²) in [5, 5.41) is 0. The van der Waals surface area contributed by atoms with E-state index in [0.717, 1.165) is 24.0 Å². The van der Waals surface area contributed by atoms with Crippen molar-refractivity contribution in [2.24, 2.45) is 0 Å². The molecule has 0 aliphatic carbocycles. The third kappa shape index (κ3) is 3.59. The number of rotatable bonds is 5. The second-order valence-corrected chi connectivity index (χ2v) is 7.41. The van der Waals surface area contributed by atoms with E-state index in [2.05, 4.69) is 0 Å². The van der Waals surface area contributed by atoms with Gasteiger partial charge in [0.15, 0.2) is 0 Å². The number of ether oxygens (including phenoxy) is 1. The molecular formula is C15H22ClNO3S. The fourth-order valence-corrected chi connectivity index (χ4v) is 4.73. The normalized spacial score (nSPS) is 18.0. The summed E-state index contributed by atoms with van der Waals surface area (Å²) in [4.78, 5) is 0.371. The van der Waals surface area contributed by atoms with Gasteiger partial charge in [-0.2, -0.15) is 4.31 Å². The Labute approximate surface area is 132 Å². The van der Waals surface area contributed by atoms with E-state index in [4.69, 9.17) is 16.3 Å². The zero-order valence-corrected chi connectivity index (χ0v) is 14.1. The molecule has 6 heteroatoms. The molecule has 0 bridgehead atoms. The van der Waals surface area contributed by atoms with Gasteiger partial charge in [0.2, 0.25) is 10.0 Å². The predicted molar refractivity (Wildman–Crippen MR) is 84.1 cm³/mol. The maximum atomic E-state index is 12.8. The van der Waals surface area contributed by atoms with E-state index in [1.54, 1.807) is 16.4 Å². The van der Waals surface area contributed by atoms with Gasteiger partial charge in [0, 0.05) is 25.6 Å². The molecule has 1 aliphatic heterocycles. The fraction of sp³-hybridized carbons (Fsp3) is 0.600. The standard InChI is InChI=1S/C15H22ClNO3S/c1-3-20-14-7-9-17(10-8-14)21(18,19)15-6-4-5-13(11-16)12(15)2/h4-6,14H,3,7-11H2,1-2H3. The number of piperidine rings is 1. The summed E-state index contributed by atoms with van der Waals surface area (Å²) in [7, 11) is -3.44. The minimum atomic E-state index is -3.44. The molecular weight excluding hydrogens is 310 g/mol. The number of halogens is 1. The van der Waals surface area contributed by atoms with Crippen LogP contribution in [0.1, 0.15) is 30.9 Å². The van der Waals surface area contributed by atoms with E-state index in [1.165, 1.54) is 0 Å². The summed E-state index contributed by atoms with van der Waals surface area (Å²) < 4.78 is 32.7. The van der Waals surface area contributed by atoms with Gasteiger partial charge >= 0.3 is 0 Å². The van der Waals surface area contributed by atoms with E-state index >= 15 is 0 Å². The maximum absolute atomic E-state index is 12.8. The third-order valence-corrected chi connectivity index (χ3v) is 6.29. The summed E-state index contributed by atoms with van der Waals surface area (Å²) >= 11 is 5.87. The highest BCUT2D eigenvalue weighted by molar-refractivity contribution is 7.89. The van der Waals surface area contributed by atoms with Crippen molar-refractivity contribution in [3.05, 3.63) is 29.3 Å². The highest BCUT2D eigenvalue weighted by Gasteiger charge is 2.30. The van der Waals surface area contributed by atoms with E-state index < -0.39 is 10.0 Å². The largest absolute Gasteiger partial charge is 0.378 e. The minimum absolute atomic E-state index is 0.178. The smallest absolute Gasteiger partial charge is 0.243 e. The van der Waals surface area contributed by atoms with Crippen molar-refractivity contribution in [1.82, 2.24) is 4.31 Å². The topological polar surface area (TPSA) is 46.6 Å². The summed E-state index contributed by atoms with van der Waals surface area (Å²) in [5.74, 6) is 0.321. The van der Waals surface area contributed by atoms with Crippen LogP contribution in [0.25, 0.3) is 0 Å². The molecule has 1 aliphatic rings. The molecule has 4 nitrogen and oxygen atoms in total. The van der Waals surface area contributed by atoms with Crippen LogP contribution in [0.5, 0.6) is 0 Å². The first-order chi connectivity index (χ1) is 10.0. The monoisotopic (exact) mass is 331 g/mol. The van der Waals surface area contributed by atoms with Crippen molar-refractivity contribution in [1.29, 1.82) is 0 Å². The molecule has 1 saturated heterocycles. The molecule has 1 aromatic carbocycles. The third-order valence-electron chi connectivity index (χ3n) is 3.96. The zero-order valence-electron chi connectivity index (χ0n) is 12.5. The summed E-state index contributed by atoms with van der Waals surface area (Å²) in [6.45, 7) is 5.48. The van der Waals surface area contributed by atoms with Crippen molar-refractivity contribution in [3.63, 3.8) is 0 Å². The molecule has 118 valence electrons. The Hall–Kier alpha value is -0.620. The first-order valence-electron chi connectivity index (χ1n) is 7.27. The highest BCUT2D eigenvalue weighted by atomic mass is 35.5. The molecule has 0 radical (unpaired) electrons. The first-order valence-corrected chi connectivity index (χ1v) is 9.24. The molecule has 0 atom stereocenters. The lowest BCUT2D eigenvalue weighted by atomic mass is 10.1. The number of benzene rings is 1. The predicted octanol–water partition coefficient (Wildman–Crippen LogP) is 2.92. The van der Waals surface area contributed by atoms with Crippen LogP contribution in [-0.4, -0.2) is 38.5 Å². The SMILES string of the molecule is CCOC1CCN(S(=O)(=O)c2cccc(CCl)c2C)CC1. The average Bonchev–Trinajstić information content (AvgIpc) is 2.48. The van der Waals surface area contributed by atoms with Crippen molar-refractivity contribution < 1.29 is 13.2 Å². The Morgan fingerprint density at radius 3 is 2.57 bits per heavy atom. The van der Waals surface area contributed by atoms with Gasteiger partial charge in [-0.05, 0) is 43.9 Å². The van der Waals surface area contributed by atoms with Gasteiger partial charge in [0.05, 0.1) is 11.0 Å². The van der Waals surface area contributed by atoms with Crippen LogP contribution >= 0.6 is 11.6 Å². The van der Waals surface area contributed by atoms with Gasteiger partial charge in [0.25, 0.3) is 0 Å². The van der Waals surface area contributed by atoms with Gasteiger partial charge in [-0.15, -0.1) is 11.6 Å². The van der Waals surface area contributed by atoms with Crippen molar-refractivity contribution in [3.8, 4) is 0 Å². The maximum Gasteiger partial charge on any atom is 0.243 e. The van der Waals surface area contributed by atoms with Crippen LogP contribution in [0.4, 0.5) is 0 Å². The minimum Gasteiger partial charge on any atom is -0.378 e.